The van der Waals surface area contributed by atoms with Crippen LogP contribution in [0.2, 0.25) is 0 Å². The summed E-state index contributed by atoms with van der Waals surface area (Å²) in [6, 6.07) is 18.7. The second kappa shape index (κ2) is 5.99. The molecule has 1 fully saturated rings. The molecule has 0 aromatic heterocycles. The lowest BCUT2D eigenvalue weighted by atomic mass is 9.97. The van der Waals surface area contributed by atoms with Crippen molar-refractivity contribution < 1.29 is 9.53 Å². The van der Waals surface area contributed by atoms with E-state index in [0.29, 0.717) is 0 Å². The van der Waals surface area contributed by atoms with Gasteiger partial charge < -0.3 is 9.64 Å². The van der Waals surface area contributed by atoms with E-state index in [-0.39, 0.29) is 24.0 Å². The lowest BCUT2D eigenvalue weighted by molar-refractivity contribution is -0.151. The Labute approximate surface area is 149 Å². The molecule has 2 aromatic rings. The third-order valence-corrected chi connectivity index (χ3v) is 5.49. The molecule has 0 saturated carbocycles. The van der Waals surface area contributed by atoms with Gasteiger partial charge in [-0.15, -0.1) is 0 Å². The van der Waals surface area contributed by atoms with Gasteiger partial charge in [0.15, 0.2) is 0 Å². The first-order chi connectivity index (χ1) is 12.0. The summed E-state index contributed by atoms with van der Waals surface area (Å²) >= 11 is 0. The van der Waals surface area contributed by atoms with Crippen LogP contribution in [0.15, 0.2) is 54.6 Å². The van der Waals surface area contributed by atoms with Crippen LogP contribution in [-0.4, -0.2) is 22.6 Å². The lowest BCUT2D eigenvalue weighted by Crippen LogP contribution is -2.47. The number of hydrogen-bond acceptors (Lipinski definition) is 2. The van der Waals surface area contributed by atoms with Crippen LogP contribution in [-0.2, 0) is 22.4 Å². The average Bonchev–Trinajstić information content (AvgIpc) is 3.05. The summed E-state index contributed by atoms with van der Waals surface area (Å²) in [7, 11) is 0. The molecule has 25 heavy (non-hydrogen) atoms. The molecule has 1 saturated heterocycles. The number of carbonyl (C=O) groups is 1. The van der Waals surface area contributed by atoms with Gasteiger partial charge in [-0.1, -0.05) is 61.5 Å². The summed E-state index contributed by atoms with van der Waals surface area (Å²) in [6.07, 6.45) is 1.71. The average molecular weight is 335 g/mol. The zero-order chi connectivity index (χ0) is 17.6. The predicted octanol–water partition coefficient (Wildman–Crippen LogP) is 4.13. The fourth-order valence-corrected chi connectivity index (χ4v) is 4.41. The van der Waals surface area contributed by atoms with Crippen molar-refractivity contribution in [2.75, 3.05) is 0 Å². The molecule has 0 spiro atoms. The minimum atomic E-state index is -0.565. The summed E-state index contributed by atoms with van der Waals surface area (Å²) in [4.78, 5) is 15.4. The molecule has 3 nitrogen and oxygen atoms in total. The number of ether oxygens (including phenoxy) is 1. The van der Waals surface area contributed by atoms with Crippen molar-refractivity contribution in [1.29, 1.82) is 0 Å². The van der Waals surface area contributed by atoms with Crippen LogP contribution in [0.3, 0.4) is 0 Å². The molecule has 4 rings (SSSR count). The summed E-state index contributed by atoms with van der Waals surface area (Å²) in [5, 5.41) is 0. The second-order valence-corrected chi connectivity index (χ2v) is 7.75. The van der Waals surface area contributed by atoms with Crippen molar-refractivity contribution in [3.05, 3.63) is 71.3 Å². The molecule has 2 aromatic carbocycles. The maximum Gasteiger partial charge on any atom is 0.228 e. The van der Waals surface area contributed by atoms with Gasteiger partial charge in [-0.05, 0) is 37.0 Å². The minimum Gasteiger partial charge on any atom is -0.350 e. The van der Waals surface area contributed by atoms with E-state index in [0.717, 1.165) is 12.8 Å². The highest BCUT2D eigenvalue weighted by molar-refractivity contribution is 5.80. The van der Waals surface area contributed by atoms with E-state index in [9.17, 15) is 4.79 Å². The smallest absolute Gasteiger partial charge is 0.228 e. The summed E-state index contributed by atoms with van der Waals surface area (Å²) in [5.74, 6) is 0.106. The predicted molar refractivity (Wildman–Crippen MR) is 98.0 cm³/mol. The highest BCUT2D eigenvalue weighted by Gasteiger charge is 2.53. The van der Waals surface area contributed by atoms with Crippen LogP contribution >= 0.6 is 0 Å². The van der Waals surface area contributed by atoms with E-state index in [4.69, 9.17) is 4.74 Å². The molecule has 130 valence electrons. The Hall–Kier alpha value is -2.13. The van der Waals surface area contributed by atoms with Gasteiger partial charge in [-0.3, -0.25) is 4.79 Å². The number of nitrogens with zero attached hydrogens (tertiary/aromatic N) is 1. The first-order valence-corrected chi connectivity index (χ1v) is 9.10. The van der Waals surface area contributed by atoms with Crippen LogP contribution in [0, 0.1) is 5.92 Å². The van der Waals surface area contributed by atoms with Crippen LogP contribution in [0.25, 0.3) is 0 Å². The van der Waals surface area contributed by atoms with Gasteiger partial charge in [0.2, 0.25) is 5.91 Å². The molecular formula is C22H25NO2. The molecule has 3 heteroatoms. The van der Waals surface area contributed by atoms with E-state index in [2.05, 4.69) is 36.4 Å². The number of rotatable bonds is 3. The summed E-state index contributed by atoms with van der Waals surface area (Å²) < 4.78 is 6.29. The van der Waals surface area contributed by atoms with Crippen molar-refractivity contribution in [2.45, 2.75) is 51.5 Å². The molecule has 3 atom stereocenters. The molecule has 3 unspecified atom stereocenters. The van der Waals surface area contributed by atoms with Crippen molar-refractivity contribution in [1.82, 2.24) is 4.90 Å². The zero-order valence-corrected chi connectivity index (χ0v) is 15.1. The normalized spacial score (nSPS) is 24.7. The molecule has 2 aliphatic rings. The van der Waals surface area contributed by atoms with Crippen LogP contribution in [0.5, 0.6) is 0 Å². The molecular weight excluding hydrogens is 310 g/mol. The Balaban J connectivity index is 1.62. The van der Waals surface area contributed by atoms with Crippen LogP contribution in [0.1, 0.15) is 43.5 Å². The van der Waals surface area contributed by atoms with Gasteiger partial charge in [0.1, 0.15) is 5.72 Å². The first-order valence-electron chi connectivity index (χ1n) is 9.10. The number of fused-ring (bicyclic) bond motifs is 3. The van der Waals surface area contributed by atoms with Crippen molar-refractivity contribution >= 4 is 5.91 Å². The van der Waals surface area contributed by atoms with Gasteiger partial charge in [-0.2, -0.15) is 0 Å². The number of benzene rings is 2. The maximum absolute atomic E-state index is 13.4. The Morgan fingerprint density at radius 3 is 2.60 bits per heavy atom. The van der Waals surface area contributed by atoms with E-state index in [1.54, 1.807) is 0 Å². The molecule has 0 radical (unpaired) electrons. The molecule has 1 aliphatic carbocycles. The minimum absolute atomic E-state index is 0.0388. The number of amides is 1. The molecule has 0 N–H and O–H groups in total. The Morgan fingerprint density at radius 1 is 1.16 bits per heavy atom. The number of carbonyl (C=O) groups excluding carboxylic acids is 1. The quantitative estimate of drug-likeness (QED) is 0.844. The van der Waals surface area contributed by atoms with Gasteiger partial charge in [0.25, 0.3) is 0 Å². The SMILES string of the molecule is CC(Cc1ccccc1)C(=O)N1C2c3ccccc3CC2OC1(C)C. The molecule has 1 heterocycles. The van der Waals surface area contributed by atoms with Gasteiger partial charge in [-0.25, -0.2) is 0 Å². The van der Waals surface area contributed by atoms with E-state index < -0.39 is 5.72 Å². The Morgan fingerprint density at radius 2 is 1.84 bits per heavy atom. The van der Waals surface area contributed by atoms with Crippen molar-refractivity contribution in [3.8, 4) is 0 Å². The Kier molecular flexibility index (Phi) is 3.92. The Bertz CT molecular complexity index is 784. The van der Waals surface area contributed by atoms with E-state index in [1.807, 2.05) is 43.9 Å². The molecule has 1 aliphatic heterocycles. The fourth-order valence-electron chi connectivity index (χ4n) is 4.41. The maximum atomic E-state index is 13.4. The van der Waals surface area contributed by atoms with Crippen molar-refractivity contribution in [3.63, 3.8) is 0 Å². The van der Waals surface area contributed by atoms with Gasteiger partial charge in [0.05, 0.1) is 12.1 Å². The zero-order valence-electron chi connectivity index (χ0n) is 15.1. The van der Waals surface area contributed by atoms with Crippen molar-refractivity contribution in [2.24, 2.45) is 5.92 Å². The third kappa shape index (κ3) is 2.77. The lowest BCUT2D eigenvalue weighted by Gasteiger charge is -2.36. The fraction of sp³-hybridized carbons (Fsp3) is 0.409. The monoisotopic (exact) mass is 335 g/mol. The summed E-state index contributed by atoms with van der Waals surface area (Å²) in [5.41, 5.74) is 3.19. The van der Waals surface area contributed by atoms with Crippen LogP contribution < -0.4 is 0 Å². The number of hydrogen-bond donors (Lipinski definition) is 0. The summed E-state index contributed by atoms with van der Waals surface area (Å²) in [6.45, 7) is 6.06. The topological polar surface area (TPSA) is 29.5 Å². The highest BCUT2D eigenvalue weighted by atomic mass is 16.5. The highest BCUT2D eigenvalue weighted by Crippen LogP contribution is 2.48. The second-order valence-electron chi connectivity index (χ2n) is 7.75. The third-order valence-electron chi connectivity index (χ3n) is 5.49. The standard InChI is InChI=1S/C22H25NO2/c1-15(13-16-9-5-4-6-10-16)21(24)23-20-18-12-8-7-11-17(18)14-19(20)25-22(23,2)3/h4-12,15,19-20H,13-14H2,1-3H3. The molecule has 0 bridgehead atoms. The van der Waals surface area contributed by atoms with Crippen LogP contribution in [0.4, 0.5) is 0 Å². The van der Waals surface area contributed by atoms with Gasteiger partial charge >= 0.3 is 0 Å². The van der Waals surface area contributed by atoms with E-state index >= 15 is 0 Å². The largest absolute Gasteiger partial charge is 0.350 e. The van der Waals surface area contributed by atoms with E-state index in [1.165, 1.54) is 16.7 Å². The molecule has 1 amide bonds. The first kappa shape index (κ1) is 16.3. The van der Waals surface area contributed by atoms with Gasteiger partial charge in [0, 0.05) is 12.3 Å².